The van der Waals surface area contributed by atoms with Gasteiger partial charge in [0.15, 0.2) is 0 Å². The molecule has 0 spiro atoms. The molecule has 0 saturated carbocycles. The average Bonchev–Trinajstić information content (AvgIpc) is 2.72. The summed E-state index contributed by atoms with van der Waals surface area (Å²) in [4.78, 5) is 19.7. The van der Waals surface area contributed by atoms with Gasteiger partial charge in [-0.25, -0.2) is 9.37 Å². The van der Waals surface area contributed by atoms with Gasteiger partial charge in [-0.15, -0.1) is 0 Å². The summed E-state index contributed by atoms with van der Waals surface area (Å²) in [5.74, 6) is 0.674. The highest BCUT2D eigenvalue weighted by atomic mass is 19.1. The molecule has 29 heavy (non-hydrogen) atoms. The lowest BCUT2D eigenvalue weighted by Crippen LogP contribution is -2.36. The van der Waals surface area contributed by atoms with Crippen LogP contribution in [-0.2, 0) is 13.1 Å². The number of piperidine rings is 1. The van der Waals surface area contributed by atoms with E-state index in [-0.39, 0.29) is 11.4 Å². The predicted octanol–water partition coefficient (Wildman–Crippen LogP) is 3.63. The van der Waals surface area contributed by atoms with E-state index in [1.54, 1.807) is 4.57 Å². The van der Waals surface area contributed by atoms with Gasteiger partial charge in [0.1, 0.15) is 11.6 Å². The summed E-state index contributed by atoms with van der Waals surface area (Å²) < 4.78 is 15.2. The minimum atomic E-state index is -0.379. The van der Waals surface area contributed by atoms with E-state index in [1.165, 1.54) is 23.8 Å². The molecule has 0 radical (unpaired) electrons. The van der Waals surface area contributed by atoms with Crippen molar-refractivity contribution in [3.63, 3.8) is 0 Å². The van der Waals surface area contributed by atoms with Crippen molar-refractivity contribution in [2.75, 3.05) is 13.1 Å². The fourth-order valence-electron chi connectivity index (χ4n) is 4.05. The van der Waals surface area contributed by atoms with Gasteiger partial charge in [-0.05, 0) is 68.6 Å². The van der Waals surface area contributed by atoms with Crippen molar-refractivity contribution in [1.29, 1.82) is 5.26 Å². The summed E-state index contributed by atoms with van der Waals surface area (Å²) in [7, 11) is 0. The van der Waals surface area contributed by atoms with Crippen LogP contribution in [0.2, 0.25) is 0 Å². The van der Waals surface area contributed by atoms with E-state index in [4.69, 9.17) is 5.26 Å². The maximum absolute atomic E-state index is 13.4. The van der Waals surface area contributed by atoms with Gasteiger partial charge in [0.25, 0.3) is 5.56 Å². The number of aromatic nitrogens is 2. The number of nitrogens with zero attached hydrogens (tertiary/aromatic N) is 4. The highest BCUT2D eigenvalue weighted by Gasteiger charge is 2.21. The second kappa shape index (κ2) is 8.14. The number of likely N-dealkylation sites (tertiary alicyclic amines) is 1. The fraction of sp³-hybridized carbons (Fsp3) is 0.348. The van der Waals surface area contributed by atoms with Gasteiger partial charge in [0.2, 0.25) is 0 Å². The first kappa shape index (κ1) is 19.3. The van der Waals surface area contributed by atoms with Crippen LogP contribution in [0.5, 0.6) is 0 Å². The van der Waals surface area contributed by atoms with Crippen molar-refractivity contribution in [2.45, 2.75) is 32.9 Å². The zero-order valence-electron chi connectivity index (χ0n) is 16.4. The van der Waals surface area contributed by atoms with Crippen LogP contribution in [0, 0.1) is 30.0 Å². The van der Waals surface area contributed by atoms with Crippen molar-refractivity contribution >= 4 is 10.9 Å². The largest absolute Gasteiger partial charge is 0.299 e. The van der Waals surface area contributed by atoms with Crippen molar-refractivity contribution in [2.24, 2.45) is 5.92 Å². The fourth-order valence-corrected chi connectivity index (χ4v) is 4.05. The van der Waals surface area contributed by atoms with Gasteiger partial charge in [0.05, 0.1) is 22.5 Å². The SMILES string of the molecule is Cc1nc2cc(F)ccc2c(=O)n1CC1CCN(Cc2ccc(C#N)cc2)CC1. The molecule has 148 valence electrons. The second-order valence-corrected chi connectivity index (χ2v) is 7.76. The van der Waals surface area contributed by atoms with Gasteiger partial charge >= 0.3 is 0 Å². The Hall–Kier alpha value is -3.04. The molecule has 1 aliphatic heterocycles. The first-order valence-corrected chi connectivity index (χ1v) is 9.91. The molecule has 3 aromatic rings. The van der Waals surface area contributed by atoms with Crippen LogP contribution in [0.4, 0.5) is 4.39 Å². The maximum atomic E-state index is 13.4. The van der Waals surface area contributed by atoms with E-state index in [0.717, 1.165) is 32.5 Å². The molecule has 2 aromatic carbocycles. The van der Waals surface area contributed by atoms with E-state index in [9.17, 15) is 9.18 Å². The number of aryl methyl sites for hydroxylation is 1. The van der Waals surface area contributed by atoms with Crippen LogP contribution < -0.4 is 5.56 Å². The monoisotopic (exact) mass is 390 g/mol. The van der Waals surface area contributed by atoms with Crippen LogP contribution in [0.15, 0.2) is 47.3 Å². The third kappa shape index (κ3) is 4.20. The Morgan fingerprint density at radius 2 is 1.90 bits per heavy atom. The van der Waals surface area contributed by atoms with Crippen LogP contribution in [0.3, 0.4) is 0 Å². The molecule has 0 bridgehead atoms. The molecule has 1 fully saturated rings. The Morgan fingerprint density at radius 3 is 2.59 bits per heavy atom. The first-order chi connectivity index (χ1) is 14.0. The van der Waals surface area contributed by atoms with Crippen molar-refractivity contribution < 1.29 is 4.39 Å². The highest BCUT2D eigenvalue weighted by Crippen LogP contribution is 2.21. The summed E-state index contributed by atoms with van der Waals surface area (Å²) in [5, 5.41) is 9.37. The van der Waals surface area contributed by atoms with E-state index < -0.39 is 0 Å². The molecule has 5 nitrogen and oxygen atoms in total. The van der Waals surface area contributed by atoms with Crippen LogP contribution >= 0.6 is 0 Å². The topological polar surface area (TPSA) is 61.9 Å². The van der Waals surface area contributed by atoms with Crippen LogP contribution in [0.25, 0.3) is 10.9 Å². The Kier molecular flexibility index (Phi) is 5.41. The molecule has 1 saturated heterocycles. The van der Waals surface area contributed by atoms with E-state index in [0.29, 0.717) is 34.8 Å². The smallest absolute Gasteiger partial charge is 0.261 e. The summed E-state index contributed by atoms with van der Waals surface area (Å²) in [6.45, 7) is 5.29. The first-order valence-electron chi connectivity index (χ1n) is 9.91. The zero-order valence-corrected chi connectivity index (χ0v) is 16.4. The Labute approximate surface area is 169 Å². The van der Waals surface area contributed by atoms with Crippen molar-refractivity contribution in [3.8, 4) is 6.07 Å². The van der Waals surface area contributed by atoms with Crippen molar-refractivity contribution in [3.05, 3.63) is 75.6 Å². The van der Waals surface area contributed by atoms with E-state index >= 15 is 0 Å². The second-order valence-electron chi connectivity index (χ2n) is 7.76. The van der Waals surface area contributed by atoms with Gasteiger partial charge < -0.3 is 0 Å². The summed E-state index contributed by atoms with van der Waals surface area (Å²) in [6.07, 6.45) is 2.03. The molecule has 0 aliphatic carbocycles. The molecule has 1 aliphatic rings. The number of fused-ring (bicyclic) bond motifs is 1. The van der Waals surface area contributed by atoms with Crippen LogP contribution in [-0.4, -0.2) is 27.5 Å². The molecule has 0 unspecified atom stereocenters. The molecule has 4 rings (SSSR count). The third-order valence-corrected chi connectivity index (χ3v) is 5.75. The maximum Gasteiger partial charge on any atom is 0.261 e. The molecule has 1 aromatic heterocycles. The average molecular weight is 390 g/mol. The Balaban J connectivity index is 1.41. The Morgan fingerprint density at radius 1 is 1.17 bits per heavy atom. The number of hydrogen-bond acceptors (Lipinski definition) is 4. The number of hydrogen-bond donors (Lipinski definition) is 0. The normalized spacial score (nSPS) is 15.5. The summed E-state index contributed by atoms with van der Waals surface area (Å²) in [6, 6.07) is 14.0. The zero-order chi connectivity index (χ0) is 20.4. The summed E-state index contributed by atoms with van der Waals surface area (Å²) >= 11 is 0. The highest BCUT2D eigenvalue weighted by molar-refractivity contribution is 5.77. The summed E-state index contributed by atoms with van der Waals surface area (Å²) in [5.41, 5.74) is 2.22. The quantitative estimate of drug-likeness (QED) is 0.683. The minimum Gasteiger partial charge on any atom is -0.299 e. The lowest BCUT2D eigenvalue weighted by Gasteiger charge is -2.32. The number of nitriles is 1. The molecule has 0 N–H and O–H groups in total. The molecular weight excluding hydrogens is 367 g/mol. The predicted molar refractivity (Wildman–Crippen MR) is 110 cm³/mol. The van der Waals surface area contributed by atoms with Gasteiger partial charge in [-0.1, -0.05) is 12.1 Å². The van der Waals surface area contributed by atoms with E-state index in [2.05, 4.69) is 16.0 Å². The molecule has 6 heteroatoms. The molecule has 2 heterocycles. The third-order valence-electron chi connectivity index (χ3n) is 5.75. The number of benzene rings is 2. The van der Waals surface area contributed by atoms with Crippen molar-refractivity contribution in [1.82, 2.24) is 14.5 Å². The minimum absolute atomic E-state index is 0.0903. The van der Waals surface area contributed by atoms with Gasteiger partial charge in [0, 0.05) is 19.2 Å². The van der Waals surface area contributed by atoms with Crippen LogP contribution in [0.1, 0.15) is 29.8 Å². The van der Waals surface area contributed by atoms with Gasteiger partial charge in [-0.3, -0.25) is 14.3 Å². The lowest BCUT2D eigenvalue weighted by atomic mass is 9.96. The standard InChI is InChI=1S/C23H23FN4O/c1-16-26-22-12-20(24)6-7-21(22)23(29)28(16)15-19-8-10-27(11-9-19)14-18-4-2-17(13-25)3-5-18/h2-7,12,19H,8-11,14-15H2,1H3. The Bertz CT molecular complexity index is 1120. The molecular formula is C23H23FN4O. The number of halogens is 1. The van der Waals surface area contributed by atoms with Gasteiger partial charge in [-0.2, -0.15) is 5.26 Å². The number of rotatable bonds is 4. The lowest BCUT2D eigenvalue weighted by molar-refractivity contribution is 0.166. The molecule has 0 amide bonds. The van der Waals surface area contributed by atoms with E-state index in [1.807, 2.05) is 31.2 Å². The molecule has 0 atom stereocenters.